The van der Waals surface area contributed by atoms with Crippen LogP contribution in [0, 0.1) is 0 Å². The maximum atomic E-state index is 11.4. The van der Waals surface area contributed by atoms with Crippen molar-refractivity contribution in [3.63, 3.8) is 0 Å². The Balaban J connectivity index is 2.39. The van der Waals surface area contributed by atoms with Crippen LogP contribution < -0.4 is 11.1 Å². The van der Waals surface area contributed by atoms with Crippen LogP contribution >= 0.6 is 11.8 Å². The smallest absolute Gasteiger partial charge is 0.230 e. The summed E-state index contributed by atoms with van der Waals surface area (Å²) in [6, 6.07) is 8.17. The standard InChI is InChI=1S/C12H18N2OS/c1-9(2)14-12(15)8-16-11-5-3-10(7-13)4-6-11/h3-6,9H,7-8,13H2,1-2H3,(H,14,15). The maximum Gasteiger partial charge on any atom is 0.230 e. The molecule has 0 bridgehead atoms. The van der Waals surface area contributed by atoms with E-state index in [0.717, 1.165) is 10.5 Å². The number of thioether (sulfide) groups is 1. The molecule has 0 unspecified atom stereocenters. The van der Waals surface area contributed by atoms with E-state index in [1.807, 2.05) is 38.1 Å². The second-order valence-electron chi connectivity index (χ2n) is 3.86. The molecule has 88 valence electrons. The fourth-order valence-corrected chi connectivity index (χ4v) is 1.94. The number of nitrogens with two attached hydrogens (primary N) is 1. The average Bonchev–Trinajstić information content (AvgIpc) is 2.26. The highest BCUT2D eigenvalue weighted by Gasteiger charge is 2.03. The van der Waals surface area contributed by atoms with E-state index in [1.54, 1.807) is 0 Å². The van der Waals surface area contributed by atoms with Crippen LogP contribution in [0.15, 0.2) is 29.2 Å². The molecule has 0 radical (unpaired) electrons. The fraction of sp³-hybridized carbons (Fsp3) is 0.417. The second-order valence-corrected chi connectivity index (χ2v) is 4.91. The molecule has 1 aromatic carbocycles. The Labute approximate surface area is 101 Å². The van der Waals surface area contributed by atoms with E-state index in [0.29, 0.717) is 12.3 Å². The summed E-state index contributed by atoms with van der Waals surface area (Å²) in [6.45, 7) is 4.47. The lowest BCUT2D eigenvalue weighted by atomic mass is 10.2. The van der Waals surface area contributed by atoms with Crippen LogP contribution in [-0.4, -0.2) is 17.7 Å². The SMILES string of the molecule is CC(C)NC(=O)CSc1ccc(CN)cc1. The van der Waals surface area contributed by atoms with Gasteiger partial charge in [-0.1, -0.05) is 12.1 Å². The molecule has 0 aliphatic carbocycles. The minimum Gasteiger partial charge on any atom is -0.353 e. The Morgan fingerprint density at radius 2 is 2.00 bits per heavy atom. The molecule has 0 aliphatic rings. The molecule has 0 spiro atoms. The van der Waals surface area contributed by atoms with Crippen LogP contribution in [0.5, 0.6) is 0 Å². The summed E-state index contributed by atoms with van der Waals surface area (Å²) in [4.78, 5) is 12.5. The molecular formula is C12H18N2OS. The Hall–Kier alpha value is -1.00. The Morgan fingerprint density at radius 3 is 2.50 bits per heavy atom. The number of benzene rings is 1. The highest BCUT2D eigenvalue weighted by molar-refractivity contribution is 8.00. The highest BCUT2D eigenvalue weighted by Crippen LogP contribution is 2.17. The van der Waals surface area contributed by atoms with E-state index in [4.69, 9.17) is 5.73 Å². The van der Waals surface area contributed by atoms with Crippen molar-refractivity contribution in [3.8, 4) is 0 Å². The van der Waals surface area contributed by atoms with Gasteiger partial charge in [0, 0.05) is 17.5 Å². The largest absolute Gasteiger partial charge is 0.353 e. The van der Waals surface area contributed by atoms with Gasteiger partial charge in [0.15, 0.2) is 0 Å². The van der Waals surface area contributed by atoms with Crippen molar-refractivity contribution < 1.29 is 4.79 Å². The van der Waals surface area contributed by atoms with Gasteiger partial charge in [0.1, 0.15) is 0 Å². The fourth-order valence-electron chi connectivity index (χ4n) is 1.23. The molecule has 1 aromatic rings. The highest BCUT2D eigenvalue weighted by atomic mass is 32.2. The van der Waals surface area contributed by atoms with Crippen LogP contribution in [0.25, 0.3) is 0 Å². The Kier molecular flexibility index (Phi) is 5.35. The van der Waals surface area contributed by atoms with E-state index >= 15 is 0 Å². The third-order valence-electron chi connectivity index (χ3n) is 1.98. The van der Waals surface area contributed by atoms with E-state index in [2.05, 4.69) is 5.32 Å². The molecule has 0 saturated heterocycles. The number of carbonyl (C=O) groups is 1. The number of amides is 1. The topological polar surface area (TPSA) is 55.1 Å². The second kappa shape index (κ2) is 6.55. The van der Waals surface area contributed by atoms with Gasteiger partial charge in [-0.15, -0.1) is 11.8 Å². The van der Waals surface area contributed by atoms with E-state index in [1.165, 1.54) is 11.8 Å². The lowest BCUT2D eigenvalue weighted by molar-refractivity contribution is -0.119. The molecular weight excluding hydrogens is 220 g/mol. The molecule has 16 heavy (non-hydrogen) atoms. The van der Waals surface area contributed by atoms with E-state index < -0.39 is 0 Å². The molecule has 4 heteroatoms. The summed E-state index contributed by atoms with van der Waals surface area (Å²) in [7, 11) is 0. The molecule has 0 aromatic heterocycles. The van der Waals surface area contributed by atoms with Crippen LogP contribution in [0.2, 0.25) is 0 Å². The first-order valence-electron chi connectivity index (χ1n) is 5.33. The normalized spacial score (nSPS) is 10.5. The minimum absolute atomic E-state index is 0.0721. The summed E-state index contributed by atoms with van der Waals surface area (Å²) in [5.41, 5.74) is 6.61. The van der Waals surface area contributed by atoms with Crippen LogP contribution in [0.4, 0.5) is 0 Å². The van der Waals surface area contributed by atoms with E-state index in [9.17, 15) is 4.79 Å². The predicted molar refractivity (Wildman–Crippen MR) is 68.3 cm³/mol. The van der Waals surface area contributed by atoms with Gasteiger partial charge < -0.3 is 11.1 Å². The summed E-state index contributed by atoms with van der Waals surface area (Å²) in [6.07, 6.45) is 0. The van der Waals surface area contributed by atoms with Crippen molar-refractivity contribution in [3.05, 3.63) is 29.8 Å². The van der Waals surface area contributed by atoms with Crippen LogP contribution in [0.1, 0.15) is 19.4 Å². The van der Waals surface area contributed by atoms with Gasteiger partial charge in [0.25, 0.3) is 0 Å². The van der Waals surface area contributed by atoms with Gasteiger partial charge in [0.05, 0.1) is 5.75 Å². The molecule has 1 amide bonds. The monoisotopic (exact) mass is 238 g/mol. The summed E-state index contributed by atoms with van der Waals surface area (Å²) >= 11 is 1.54. The number of nitrogens with one attached hydrogen (secondary N) is 1. The molecule has 3 N–H and O–H groups in total. The molecule has 3 nitrogen and oxygen atoms in total. The number of hydrogen-bond donors (Lipinski definition) is 2. The van der Waals surface area contributed by atoms with Gasteiger partial charge in [0.2, 0.25) is 5.91 Å². The Morgan fingerprint density at radius 1 is 1.38 bits per heavy atom. The summed E-state index contributed by atoms with van der Waals surface area (Å²) < 4.78 is 0. The van der Waals surface area contributed by atoms with Gasteiger partial charge >= 0.3 is 0 Å². The van der Waals surface area contributed by atoms with Crippen LogP contribution in [-0.2, 0) is 11.3 Å². The first-order chi connectivity index (χ1) is 7.61. The van der Waals surface area contributed by atoms with E-state index in [-0.39, 0.29) is 11.9 Å². The minimum atomic E-state index is 0.0721. The molecule has 0 fully saturated rings. The zero-order valence-electron chi connectivity index (χ0n) is 9.69. The first-order valence-corrected chi connectivity index (χ1v) is 6.31. The van der Waals surface area contributed by atoms with Crippen LogP contribution in [0.3, 0.4) is 0 Å². The molecule has 1 rings (SSSR count). The zero-order chi connectivity index (χ0) is 12.0. The van der Waals surface area contributed by atoms with Gasteiger partial charge in [-0.3, -0.25) is 4.79 Å². The van der Waals surface area contributed by atoms with Gasteiger partial charge in [-0.25, -0.2) is 0 Å². The molecule has 0 atom stereocenters. The van der Waals surface area contributed by atoms with Crippen molar-refractivity contribution in [2.24, 2.45) is 5.73 Å². The van der Waals surface area contributed by atoms with Gasteiger partial charge in [-0.05, 0) is 31.5 Å². The van der Waals surface area contributed by atoms with Crippen molar-refractivity contribution in [1.29, 1.82) is 0 Å². The molecule has 0 heterocycles. The summed E-state index contributed by atoms with van der Waals surface area (Å²) in [5.74, 6) is 0.531. The van der Waals surface area contributed by atoms with Crippen molar-refractivity contribution in [2.75, 3.05) is 5.75 Å². The van der Waals surface area contributed by atoms with Crippen molar-refractivity contribution >= 4 is 17.7 Å². The third kappa shape index (κ3) is 4.68. The third-order valence-corrected chi connectivity index (χ3v) is 2.99. The number of hydrogen-bond acceptors (Lipinski definition) is 3. The Bertz CT molecular complexity index is 335. The van der Waals surface area contributed by atoms with Crippen molar-refractivity contribution in [2.45, 2.75) is 31.3 Å². The van der Waals surface area contributed by atoms with Crippen molar-refractivity contribution in [1.82, 2.24) is 5.32 Å². The lowest BCUT2D eigenvalue weighted by Gasteiger charge is -2.07. The number of rotatable bonds is 5. The molecule has 0 saturated carbocycles. The quantitative estimate of drug-likeness (QED) is 0.769. The maximum absolute atomic E-state index is 11.4. The lowest BCUT2D eigenvalue weighted by Crippen LogP contribution is -2.31. The first kappa shape index (κ1) is 13.1. The predicted octanol–water partition coefficient (Wildman–Crippen LogP) is 1.76. The summed E-state index contributed by atoms with van der Waals surface area (Å²) in [5, 5.41) is 2.86. The van der Waals surface area contributed by atoms with Gasteiger partial charge in [-0.2, -0.15) is 0 Å². The number of carbonyl (C=O) groups excluding carboxylic acids is 1. The zero-order valence-corrected chi connectivity index (χ0v) is 10.5. The molecule has 0 aliphatic heterocycles. The average molecular weight is 238 g/mol.